The molecular formula is C24H30N6O9S3. The highest BCUT2D eigenvalue weighted by atomic mass is 32.2. The first-order valence-electron chi connectivity index (χ1n) is 12.5. The topological polar surface area (TPSA) is 192 Å². The molecule has 4 rings (SSSR count). The molecule has 2 fully saturated rings. The number of nitrogens with one attached hydrogen (secondary N) is 1. The standard InChI is InChI=1S/C24H30N6O9S3/c1-24(2,3)22(35)39-10-38-21(34)16-13(42-12-6-7-29(37-5)18(12)32)9-40-20-15(19(33)30(16)20)27-17(31)14(28-36-4)11-8-41-23(25)26-11/h8,12,15,20H,6-7,9-10H2,1-5H3,(H2,25,26)(H,27,31)/b28-14-/t12?,15-,20-/m1/s1. The van der Waals surface area contributed by atoms with Gasteiger partial charge in [-0.15, -0.1) is 34.9 Å². The smallest absolute Gasteiger partial charge is 0.358 e. The lowest BCUT2D eigenvalue weighted by Gasteiger charge is -2.49. The van der Waals surface area contributed by atoms with Crippen LogP contribution in [0.1, 0.15) is 32.9 Å². The van der Waals surface area contributed by atoms with Crippen molar-refractivity contribution in [3.63, 3.8) is 0 Å². The molecule has 3 amide bonds. The van der Waals surface area contributed by atoms with Crippen LogP contribution in [0.2, 0.25) is 0 Å². The molecule has 3 aliphatic rings. The number of nitrogens with zero attached hydrogens (tertiary/aromatic N) is 4. The van der Waals surface area contributed by atoms with Crippen molar-refractivity contribution in [1.82, 2.24) is 20.3 Å². The van der Waals surface area contributed by atoms with E-state index in [1.54, 1.807) is 20.8 Å². The van der Waals surface area contributed by atoms with Crippen LogP contribution in [-0.2, 0) is 43.1 Å². The van der Waals surface area contributed by atoms with Gasteiger partial charge < -0.3 is 25.4 Å². The Hall–Kier alpha value is -3.35. The quantitative estimate of drug-likeness (QED) is 0.119. The Labute approximate surface area is 253 Å². The predicted molar refractivity (Wildman–Crippen MR) is 153 cm³/mol. The maximum absolute atomic E-state index is 13.4. The van der Waals surface area contributed by atoms with E-state index in [0.29, 0.717) is 17.9 Å². The molecule has 1 unspecified atom stereocenters. The third-order valence-electron chi connectivity index (χ3n) is 6.19. The van der Waals surface area contributed by atoms with Crippen LogP contribution in [0.4, 0.5) is 5.13 Å². The minimum Gasteiger partial charge on any atom is -0.427 e. The summed E-state index contributed by atoms with van der Waals surface area (Å²) in [6, 6.07) is -1.01. The van der Waals surface area contributed by atoms with Crippen LogP contribution >= 0.6 is 34.9 Å². The van der Waals surface area contributed by atoms with E-state index < -0.39 is 52.6 Å². The van der Waals surface area contributed by atoms with E-state index in [4.69, 9.17) is 24.9 Å². The Kier molecular flexibility index (Phi) is 9.69. The second-order valence-electron chi connectivity index (χ2n) is 10.1. The van der Waals surface area contributed by atoms with Crippen LogP contribution in [-0.4, -0.2) is 100 Å². The number of β-lactam (4-membered cyclic amide) rings is 1. The fraction of sp³-hybridized carbons (Fsp3) is 0.542. The zero-order valence-corrected chi connectivity index (χ0v) is 25.9. The van der Waals surface area contributed by atoms with Gasteiger partial charge in [0.2, 0.25) is 6.79 Å². The number of fused-ring (bicyclic) bond motifs is 1. The molecule has 3 aliphatic heterocycles. The SMILES string of the molecule is CO/N=C(\C(=O)N[C@@H]1C(=O)N2C(C(=O)OCOC(=O)C(C)(C)C)=C(SC3CCN(OC)C3=O)CS[C@H]12)c1csc(N)n1. The van der Waals surface area contributed by atoms with Gasteiger partial charge in [-0.25, -0.2) is 14.8 Å². The molecular weight excluding hydrogens is 612 g/mol. The molecule has 1 aromatic heterocycles. The summed E-state index contributed by atoms with van der Waals surface area (Å²) in [6.45, 7) is 4.67. The molecule has 0 bridgehead atoms. The van der Waals surface area contributed by atoms with Gasteiger partial charge in [-0.3, -0.25) is 28.9 Å². The van der Waals surface area contributed by atoms with E-state index in [1.807, 2.05) is 0 Å². The van der Waals surface area contributed by atoms with Crippen molar-refractivity contribution < 1.29 is 43.1 Å². The van der Waals surface area contributed by atoms with Crippen molar-refractivity contribution in [2.24, 2.45) is 10.6 Å². The van der Waals surface area contributed by atoms with Gasteiger partial charge in [0.15, 0.2) is 10.8 Å². The third-order valence-corrected chi connectivity index (χ3v) is 9.67. The van der Waals surface area contributed by atoms with Crippen LogP contribution in [0.3, 0.4) is 0 Å². The molecule has 3 atom stereocenters. The molecule has 228 valence electrons. The number of nitrogen functional groups attached to an aromatic ring is 1. The largest absolute Gasteiger partial charge is 0.427 e. The van der Waals surface area contributed by atoms with E-state index in [-0.39, 0.29) is 33.9 Å². The highest BCUT2D eigenvalue weighted by molar-refractivity contribution is 8.07. The number of ether oxygens (including phenoxy) is 2. The normalized spacial score (nSPS) is 22.5. The van der Waals surface area contributed by atoms with Crippen molar-refractivity contribution in [3.8, 4) is 0 Å². The van der Waals surface area contributed by atoms with E-state index >= 15 is 0 Å². The highest BCUT2D eigenvalue weighted by Gasteiger charge is 2.55. The Balaban J connectivity index is 1.54. The Morgan fingerprint density at radius 3 is 2.55 bits per heavy atom. The number of nitrogens with two attached hydrogens (primary N) is 1. The van der Waals surface area contributed by atoms with E-state index in [0.717, 1.165) is 23.1 Å². The number of oxime groups is 1. The molecule has 4 heterocycles. The lowest BCUT2D eigenvalue weighted by atomic mass is 9.98. The summed E-state index contributed by atoms with van der Waals surface area (Å²) < 4.78 is 10.3. The Morgan fingerprint density at radius 2 is 1.95 bits per heavy atom. The highest BCUT2D eigenvalue weighted by Crippen LogP contribution is 2.45. The number of thioether (sulfide) groups is 2. The summed E-state index contributed by atoms with van der Waals surface area (Å²) in [6.07, 6.45) is 0.468. The minimum atomic E-state index is -1.01. The Morgan fingerprint density at radius 1 is 1.21 bits per heavy atom. The van der Waals surface area contributed by atoms with Gasteiger partial charge in [-0.1, -0.05) is 5.16 Å². The zero-order chi connectivity index (χ0) is 30.8. The number of esters is 2. The molecule has 0 aromatic carbocycles. The fourth-order valence-electron chi connectivity index (χ4n) is 4.09. The van der Waals surface area contributed by atoms with Gasteiger partial charge in [0, 0.05) is 16.0 Å². The van der Waals surface area contributed by atoms with Crippen LogP contribution in [0.5, 0.6) is 0 Å². The molecule has 1 aromatic rings. The fourth-order valence-corrected chi connectivity index (χ4v) is 7.38. The van der Waals surface area contributed by atoms with Crippen LogP contribution in [0.25, 0.3) is 0 Å². The maximum atomic E-state index is 13.4. The van der Waals surface area contributed by atoms with E-state index in [1.165, 1.54) is 41.3 Å². The average Bonchev–Trinajstić information content (AvgIpc) is 3.53. The monoisotopic (exact) mass is 642 g/mol. The first kappa shape index (κ1) is 31.6. The Bertz CT molecular complexity index is 1340. The molecule has 0 aliphatic carbocycles. The van der Waals surface area contributed by atoms with Crippen molar-refractivity contribution >= 4 is 75.4 Å². The van der Waals surface area contributed by atoms with Gasteiger partial charge in [-0.05, 0) is 27.2 Å². The van der Waals surface area contributed by atoms with Crippen molar-refractivity contribution in [2.75, 3.05) is 39.0 Å². The predicted octanol–water partition coefficient (Wildman–Crippen LogP) is 0.673. The number of hydrogen-bond acceptors (Lipinski definition) is 15. The molecule has 42 heavy (non-hydrogen) atoms. The summed E-state index contributed by atoms with van der Waals surface area (Å²) in [5.41, 5.74) is 4.79. The molecule has 3 N–H and O–H groups in total. The number of rotatable bonds is 10. The van der Waals surface area contributed by atoms with Crippen LogP contribution < -0.4 is 11.1 Å². The average molecular weight is 643 g/mol. The second-order valence-corrected chi connectivity index (χ2v) is 13.4. The lowest BCUT2D eigenvalue weighted by Crippen LogP contribution is -2.71. The van der Waals surface area contributed by atoms with Crippen molar-refractivity contribution in [2.45, 2.75) is 43.9 Å². The summed E-state index contributed by atoms with van der Waals surface area (Å²) >= 11 is 3.55. The summed E-state index contributed by atoms with van der Waals surface area (Å²) in [7, 11) is 2.66. The molecule has 2 saturated heterocycles. The first-order chi connectivity index (χ1) is 19.9. The number of hydroxylamine groups is 2. The van der Waals surface area contributed by atoms with Crippen molar-refractivity contribution in [1.29, 1.82) is 0 Å². The number of hydrogen-bond donors (Lipinski definition) is 2. The number of carbonyl (C=O) groups excluding carboxylic acids is 5. The molecule has 0 saturated carbocycles. The van der Waals surface area contributed by atoms with E-state index in [2.05, 4.69) is 15.5 Å². The zero-order valence-electron chi connectivity index (χ0n) is 23.4. The third kappa shape index (κ3) is 6.50. The number of aromatic nitrogens is 1. The summed E-state index contributed by atoms with van der Waals surface area (Å²) in [4.78, 5) is 80.1. The lowest BCUT2D eigenvalue weighted by molar-refractivity contribution is -0.173. The molecule has 0 spiro atoms. The maximum Gasteiger partial charge on any atom is 0.358 e. The van der Waals surface area contributed by atoms with E-state index in [9.17, 15) is 24.0 Å². The first-order valence-corrected chi connectivity index (χ1v) is 15.4. The number of carbonyl (C=O) groups is 5. The number of thiazole rings is 1. The molecule has 15 nitrogen and oxygen atoms in total. The van der Waals surface area contributed by atoms with Gasteiger partial charge in [0.1, 0.15) is 29.9 Å². The minimum absolute atomic E-state index is 0.0761. The molecule has 0 radical (unpaired) electrons. The van der Waals surface area contributed by atoms with Gasteiger partial charge in [0.05, 0.1) is 24.3 Å². The van der Waals surface area contributed by atoms with Crippen molar-refractivity contribution in [3.05, 3.63) is 21.7 Å². The van der Waals surface area contributed by atoms with Gasteiger partial charge in [-0.2, -0.15) is 0 Å². The number of amides is 3. The molecule has 18 heteroatoms. The summed E-state index contributed by atoms with van der Waals surface area (Å²) in [5.74, 6) is -2.80. The van der Waals surface area contributed by atoms with Crippen LogP contribution in [0.15, 0.2) is 21.1 Å². The number of anilines is 1. The van der Waals surface area contributed by atoms with Gasteiger partial charge >= 0.3 is 11.9 Å². The van der Waals surface area contributed by atoms with Gasteiger partial charge in [0.25, 0.3) is 17.7 Å². The second kappa shape index (κ2) is 12.9. The van der Waals surface area contributed by atoms with Crippen LogP contribution in [0, 0.1) is 5.41 Å². The summed E-state index contributed by atoms with van der Waals surface area (Å²) in [5, 5.41) is 8.15.